The van der Waals surface area contributed by atoms with Gasteiger partial charge in [0.25, 0.3) is 5.92 Å². The van der Waals surface area contributed by atoms with Crippen molar-refractivity contribution in [3.05, 3.63) is 34.9 Å². The molecule has 0 fully saturated rings. The van der Waals surface area contributed by atoms with Crippen molar-refractivity contribution in [3.63, 3.8) is 0 Å². The highest BCUT2D eigenvalue weighted by molar-refractivity contribution is 5.85. The molecule has 1 rings (SSSR count). The van der Waals surface area contributed by atoms with Crippen LogP contribution in [0.1, 0.15) is 22.7 Å². The molecule has 0 spiro atoms. The lowest BCUT2D eigenvalue weighted by molar-refractivity contribution is -0.0711. The van der Waals surface area contributed by atoms with Gasteiger partial charge in [-0.15, -0.1) is 12.4 Å². The fourth-order valence-corrected chi connectivity index (χ4v) is 1.53. The van der Waals surface area contributed by atoms with Gasteiger partial charge in [0.15, 0.2) is 0 Å². The summed E-state index contributed by atoms with van der Waals surface area (Å²) in [6.07, 6.45) is 0. The van der Waals surface area contributed by atoms with Gasteiger partial charge in [-0.05, 0) is 19.4 Å². The number of alkyl halides is 2. The zero-order valence-corrected chi connectivity index (χ0v) is 10.0. The standard InChI is InChI=1S/C11H15F2NO.ClH/c1-7-3-8(2)5-9(4-7)10(14)11(12,13)6-15;/h3-5,10,15H,6,14H2,1-2H3;1H/t10-;/m1./s1. The zero-order chi connectivity index (χ0) is 11.6. The molecule has 0 aliphatic carbocycles. The average molecular weight is 252 g/mol. The first kappa shape index (κ1) is 15.3. The molecule has 0 unspecified atom stereocenters. The molecule has 5 heteroatoms. The van der Waals surface area contributed by atoms with Crippen molar-refractivity contribution in [2.75, 3.05) is 6.61 Å². The number of aliphatic hydroxyl groups excluding tert-OH is 1. The summed E-state index contributed by atoms with van der Waals surface area (Å²) in [5.74, 6) is -3.28. The van der Waals surface area contributed by atoms with Gasteiger partial charge >= 0.3 is 0 Å². The number of aliphatic hydroxyl groups is 1. The lowest BCUT2D eigenvalue weighted by Gasteiger charge is -2.22. The third-order valence-corrected chi connectivity index (χ3v) is 2.27. The summed E-state index contributed by atoms with van der Waals surface area (Å²) in [4.78, 5) is 0. The minimum Gasteiger partial charge on any atom is -0.390 e. The summed E-state index contributed by atoms with van der Waals surface area (Å²) in [6.45, 7) is 2.40. The van der Waals surface area contributed by atoms with Crippen LogP contribution in [0, 0.1) is 13.8 Å². The molecule has 0 amide bonds. The minimum atomic E-state index is -3.28. The lowest BCUT2D eigenvalue weighted by Crippen LogP contribution is -2.36. The van der Waals surface area contributed by atoms with E-state index in [0.717, 1.165) is 11.1 Å². The average Bonchev–Trinajstić information content (AvgIpc) is 2.15. The second-order valence-electron chi connectivity index (χ2n) is 3.82. The van der Waals surface area contributed by atoms with Crippen molar-refractivity contribution < 1.29 is 13.9 Å². The predicted octanol–water partition coefficient (Wildman–Crippen LogP) is 2.35. The molecule has 0 aliphatic rings. The normalized spacial score (nSPS) is 13.1. The smallest absolute Gasteiger partial charge is 0.289 e. The number of hydrogen-bond donors (Lipinski definition) is 2. The molecule has 0 heterocycles. The van der Waals surface area contributed by atoms with Crippen LogP contribution in [0.3, 0.4) is 0 Å². The molecule has 1 aromatic rings. The van der Waals surface area contributed by atoms with Gasteiger partial charge in [0.2, 0.25) is 0 Å². The van der Waals surface area contributed by atoms with E-state index in [1.54, 1.807) is 12.1 Å². The van der Waals surface area contributed by atoms with Crippen LogP contribution < -0.4 is 5.73 Å². The molecular formula is C11H16ClF2NO. The summed E-state index contributed by atoms with van der Waals surface area (Å²) in [5.41, 5.74) is 7.53. The molecule has 1 atom stereocenters. The summed E-state index contributed by atoms with van der Waals surface area (Å²) in [7, 11) is 0. The molecular weight excluding hydrogens is 236 g/mol. The van der Waals surface area contributed by atoms with Crippen molar-refractivity contribution in [1.29, 1.82) is 0 Å². The fraction of sp³-hybridized carbons (Fsp3) is 0.455. The maximum absolute atomic E-state index is 13.1. The number of rotatable bonds is 3. The molecule has 0 aliphatic heterocycles. The Hall–Kier alpha value is -0.710. The highest BCUT2D eigenvalue weighted by atomic mass is 35.5. The van der Waals surface area contributed by atoms with Gasteiger partial charge < -0.3 is 10.8 Å². The number of benzene rings is 1. The van der Waals surface area contributed by atoms with Crippen LogP contribution in [0.4, 0.5) is 8.78 Å². The van der Waals surface area contributed by atoms with Crippen LogP contribution in [0.25, 0.3) is 0 Å². The summed E-state index contributed by atoms with van der Waals surface area (Å²) in [6, 6.07) is 3.65. The van der Waals surface area contributed by atoms with Gasteiger partial charge in [0.05, 0.1) is 6.04 Å². The summed E-state index contributed by atoms with van der Waals surface area (Å²) >= 11 is 0. The summed E-state index contributed by atoms with van der Waals surface area (Å²) in [5, 5.41) is 8.53. The third-order valence-electron chi connectivity index (χ3n) is 2.27. The SMILES string of the molecule is Cc1cc(C)cc([C@@H](N)C(F)(F)CO)c1.Cl. The first-order valence-electron chi connectivity index (χ1n) is 4.69. The Kier molecular flexibility index (Phi) is 5.32. The maximum Gasteiger partial charge on any atom is 0.289 e. The first-order valence-corrected chi connectivity index (χ1v) is 4.69. The van der Waals surface area contributed by atoms with E-state index in [0.29, 0.717) is 5.56 Å². The molecule has 0 bridgehead atoms. The first-order chi connectivity index (χ1) is 6.86. The van der Waals surface area contributed by atoms with Crippen LogP contribution in [-0.4, -0.2) is 17.6 Å². The Morgan fingerprint density at radius 1 is 1.25 bits per heavy atom. The Morgan fingerprint density at radius 2 is 1.69 bits per heavy atom. The summed E-state index contributed by atoms with van der Waals surface area (Å²) < 4.78 is 26.2. The molecule has 1 aromatic carbocycles. The fourth-order valence-electron chi connectivity index (χ4n) is 1.53. The largest absolute Gasteiger partial charge is 0.390 e. The zero-order valence-electron chi connectivity index (χ0n) is 9.21. The van der Waals surface area contributed by atoms with Crippen LogP contribution in [0.2, 0.25) is 0 Å². The molecule has 0 aromatic heterocycles. The quantitative estimate of drug-likeness (QED) is 0.866. The highest BCUT2D eigenvalue weighted by Gasteiger charge is 2.37. The number of aryl methyl sites for hydroxylation is 2. The monoisotopic (exact) mass is 251 g/mol. The molecule has 16 heavy (non-hydrogen) atoms. The van der Waals surface area contributed by atoms with Crippen LogP contribution in [-0.2, 0) is 0 Å². The van der Waals surface area contributed by atoms with E-state index in [9.17, 15) is 8.78 Å². The van der Waals surface area contributed by atoms with E-state index in [-0.39, 0.29) is 12.4 Å². The van der Waals surface area contributed by atoms with Crippen LogP contribution in [0.15, 0.2) is 18.2 Å². The molecule has 0 saturated heterocycles. The molecule has 0 radical (unpaired) electrons. The van der Waals surface area contributed by atoms with Gasteiger partial charge in [-0.25, -0.2) is 8.78 Å². The Morgan fingerprint density at radius 3 is 2.06 bits per heavy atom. The van der Waals surface area contributed by atoms with Crippen molar-refractivity contribution in [2.24, 2.45) is 5.73 Å². The highest BCUT2D eigenvalue weighted by Crippen LogP contribution is 2.29. The molecule has 0 saturated carbocycles. The minimum absolute atomic E-state index is 0. The van der Waals surface area contributed by atoms with E-state index >= 15 is 0 Å². The van der Waals surface area contributed by atoms with Crippen LogP contribution in [0.5, 0.6) is 0 Å². The van der Waals surface area contributed by atoms with Gasteiger partial charge in [-0.2, -0.15) is 0 Å². The maximum atomic E-state index is 13.1. The van der Waals surface area contributed by atoms with Crippen LogP contribution >= 0.6 is 12.4 Å². The van der Waals surface area contributed by atoms with Crippen molar-refractivity contribution in [2.45, 2.75) is 25.8 Å². The van der Waals surface area contributed by atoms with Crippen molar-refractivity contribution in [1.82, 2.24) is 0 Å². The topological polar surface area (TPSA) is 46.2 Å². The van der Waals surface area contributed by atoms with E-state index in [2.05, 4.69) is 0 Å². The Balaban J connectivity index is 0.00000225. The van der Waals surface area contributed by atoms with E-state index in [4.69, 9.17) is 10.8 Å². The van der Waals surface area contributed by atoms with Gasteiger partial charge in [-0.1, -0.05) is 29.3 Å². The van der Waals surface area contributed by atoms with Gasteiger partial charge in [-0.3, -0.25) is 0 Å². The molecule has 3 N–H and O–H groups in total. The second-order valence-corrected chi connectivity index (χ2v) is 3.82. The van der Waals surface area contributed by atoms with Gasteiger partial charge in [0, 0.05) is 0 Å². The van der Waals surface area contributed by atoms with Crippen molar-refractivity contribution in [3.8, 4) is 0 Å². The van der Waals surface area contributed by atoms with Gasteiger partial charge in [0.1, 0.15) is 6.61 Å². The third kappa shape index (κ3) is 3.40. The van der Waals surface area contributed by atoms with E-state index in [1.165, 1.54) is 0 Å². The second kappa shape index (κ2) is 5.57. The molecule has 2 nitrogen and oxygen atoms in total. The number of hydrogen-bond acceptors (Lipinski definition) is 2. The predicted molar refractivity (Wildman–Crippen MR) is 62.1 cm³/mol. The number of halogens is 3. The van der Waals surface area contributed by atoms with Crippen molar-refractivity contribution >= 4 is 12.4 Å². The van der Waals surface area contributed by atoms with E-state index < -0.39 is 18.6 Å². The Labute approximate surface area is 99.9 Å². The van der Waals surface area contributed by atoms with E-state index in [1.807, 2.05) is 19.9 Å². The number of nitrogens with two attached hydrogens (primary N) is 1. The lowest BCUT2D eigenvalue weighted by atomic mass is 9.98. The Bertz CT molecular complexity index is 338. The molecule has 92 valence electrons.